The van der Waals surface area contributed by atoms with Crippen molar-refractivity contribution in [3.05, 3.63) is 65.4 Å². The van der Waals surface area contributed by atoms with Crippen molar-refractivity contribution in [3.63, 3.8) is 0 Å². The van der Waals surface area contributed by atoms with Gasteiger partial charge in [0.2, 0.25) is 5.78 Å². The third-order valence-electron chi connectivity index (χ3n) is 3.78. The van der Waals surface area contributed by atoms with Crippen LogP contribution in [0.1, 0.15) is 26.4 Å². The van der Waals surface area contributed by atoms with Crippen molar-refractivity contribution in [2.75, 3.05) is 6.61 Å². The fourth-order valence-corrected chi connectivity index (χ4v) is 2.53. The highest BCUT2D eigenvalue weighted by Gasteiger charge is 2.31. The molecule has 0 atom stereocenters. The van der Waals surface area contributed by atoms with Crippen molar-refractivity contribution >= 4 is 22.7 Å². The van der Waals surface area contributed by atoms with Gasteiger partial charge >= 0.3 is 12.1 Å². The summed E-state index contributed by atoms with van der Waals surface area (Å²) in [5.41, 5.74) is -0.368. The van der Waals surface area contributed by atoms with E-state index in [-0.39, 0.29) is 11.3 Å². The van der Waals surface area contributed by atoms with Crippen LogP contribution >= 0.6 is 0 Å². The number of esters is 1. The van der Waals surface area contributed by atoms with E-state index in [0.29, 0.717) is 11.5 Å². The van der Waals surface area contributed by atoms with Gasteiger partial charge in [0.05, 0.1) is 16.6 Å². The van der Waals surface area contributed by atoms with Crippen molar-refractivity contribution in [1.82, 2.24) is 9.78 Å². The highest BCUT2D eigenvalue weighted by Crippen LogP contribution is 2.29. The van der Waals surface area contributed by atoms with Crippen LogP contribution < -0.4 is 0 Å². The second-order valence-corrected chi connectivity index (χ2v) is 5.57. The van der Waals surface area contributed by atoms with Crippen LogP contribution in [0.2, 0.25) is 0 Å². The number of halogens is 3. The number of hydrogen-bond donors (Lipinski definition) is 0. The average Bonchev–Trinajstić information content (AvgIpc) is 2.96. The van der Waals surface area contributed by atoms with Gasteiger partial charge in [-0.15, -0.1) is 0 Å². The number of ether oxygens (including phenoxy) is 1. The summed E-state index contributed by atoms with van der Waals surface area (Å²) in [6, 6.07) is 10.9. The number of hydrogen-bond acceptors (Lipinski definition) is 4. The predicted molar refractivity (Wildman–Crippen MR) is 86.8 cm³/mol. The van der Waals surface area contributed by atoms with Gasteiger partial charge in [0.25, 0.3) is 0 Å². The predicted octanol–water partition coefficient (Wildman–Crippen LogP) is 3.63. The molecule has 0 bridgehead atoms. The molecule has 0 saturated heterocycles. The van der Waals surface area contributed by atoms with E-state index in [4.69, 9.17) is 4.74 Å². The van der Waals surface area contributed by atoms with Gasteiger partial charge in [-0.25, -0.2) is 4.79 Å². The molecule has 1 aromatic heterocycles. The summed E-state index contributed by atoms with van der Waals surface area (Å²) in [5, 5.41) is 4.72. The highest BCUT2D eigenvalue weighted by molar-refractivity contribution is 6.07. The first-order chi connectivity index (χ1) is 12.3. The van der Waals surface area contributed by atoms with Crippen molar-refractivity contribution < 1.29 is 27.5 Å². The molecule has 0 saturated carbocycles. The summed E-state index contributed by atoms with van der Waals surface area (Å²) in [5.74, 6) is -1.55. The summed E-state index contributed by atoms with van der Waals surface area (Å²) < 4.78 is 44.5. The molecule has 134 valence electrons. The van der Waals surface area contributed by atoms with Gasteiger partial charge in [0, 0.05) is 12.4 Å². The first kappa shape index (κ1) is 17.7. The van der Waals surface area contributed by atoms with E-state index in [2.05, 4.69) is 5.10 Å². The number of nitrogens with zero attached hydrogens (tertiary/aromatic N) is 2. The molecular formula is C18H13F3N2O3. The van der Waals surface area contributed by atoms with Crippen LogP contribution in [0.5, 0.6) is 0 Å². The lowest BCUT2D eigenvalue weighted by molar-refractivity contribution is -0.137. The minimum Gasteiger partial charge on any atom is -0.454 e. The summed E-state index contributed by atoms with van der Waals surface area (Å²) in [7, 11) is 1.67. The number of ketones is 1. The van der Waals surface area contributed by atoms with E-state index in [0.717, 1.165) is 17.6 Å². The van der Waals surface area contributed by atoms with Crippen LogP contribution in [0.4, 0.5) is 13.2 Å². The van der Waals surface area contributed by atoms with Crippen LogP contribution in [0.15, 0.2) is 48.5 Å². The van der Waals surface area contributed by atoms with Crippen LogP contribution in [-0.4, -0.2) is 28.1 Å². The van der Waals surface area contributed by atoms with Gasteiger partial charge in [0.15, 0.2) is 6.61 Å². The molecule has 0 spiro atoms. The van der Waals surface area contributed by atoms with E-state index in [1.807, 2.05) is 0 Å². The van der Waals surface area contributed by atoms with Gasteiger partial charge in [-0.05, 0) is 24.3 Å². The zero-order valence-electron chi connectivity index (χ0n) is 13.6. The van der Waals surface area contributed by atoms with E-state index in [1.165, 1.54) is 10.7 Å². The molecule has 26 heavy (non-hydrogen) atoms. The normalized spacial score (nSPS) is 11.5. The van der Waals surface area contributed by atoms with Crippen LogP contribution in [-0.2, 0) is 18.0 Å². The van der Waals surface area contributed by atoms with Crippen molar-refractivity contribution in [2.45, 2.75) is 6.18 Å². The van der Waals surface area contributed by atoms with Crippen molar-refractivity contribution in [3.8, 4) is 0 Å². The lowest BCUT2D eigenvalue weighted by atomic mass is 10.1. The number of para-hydroxylation sites is 1. The SMILES string of the molecule is Cn1nc(C(=O)COC(=O)c2cccc(C(F)(F)F)c2)c2ccccc21. The maximum atomic E-state index is 12.7. The topological polar surface area (TPSA) is 61.2 Å². The quantitative estimate of drug-likeness (QED) is 0.525. The van der Waals surface area contributed by atoms with E-state index in [9.17, 15) is 22.8 Å². The summed E-state index contributed by atoms with van der Waals surface area (Å²) in [6.07, 6.45) is -4.57. The number of fused-ring (bicyclic) bond motifs is 1. The minimum absolute atomic E-state index is 0.139. The summed E-state index contributed by atoms with van der Waals surface area (Å²) in [6.45, 7) is -0.615. The molecule has 0 unspecified atom stereocenters. The Hall–Kier alpha value is -3.16. The number of carbonyl (C=O) groups is 2. The second-order valence-electron chi connectivity index (χ2n) is 5.57. The molecule has 0 aliphatic heterocycles. The Kier molecular flexibility index (Phi) is 4.50. The second kappa shape index (κ2) is 6.62. The Morgan fingerprint density at radius 3 is 2.58 bits per heavy atom. The molecule has 3 rings (SSSR count). The van der Waals surface area contributed by atoms with Crippen LogP contribution in [0.3, 0.4) is 0 Å². The lowest BCUT2D eigenvalue weighted by Crippen LogP contribution is -2.16. The first-order valence-electron chi connectivity index (χ1n) is 7.56. The molecule has 0 aliphatic rings. The largest absolute Gasteiger partial charge is 0.454 e. The lowest BCUT2D eigenvalue weighted by Gasteiger charge is -2.08. The van der Waals surface area contributed by atoms with Gasteiger partial charge in [-0.1, -0.05) is 24.3 Å². The average molecular weight is 362 g/mol. The monoisotopic (exact) mass is 362 g/mol. The molecule has 0 N–H and O–H groups in total. The molecule has 0 radical (unpaired) electrons. The molecule has 5 nitrogen and oxygen atoms in total. The zero-order valence-corrected chi connectivity index (χ0v) is 13.6. The van der Waals surface area contributed by atoms with Crippen LogP contribution in [0.25, 0.3) is 10.9 Å². The van der Waals surface area contributed by atoms with Crippen molar-refractivity contribution in [1.29, 1.82) is 0 Å². The number of aryl methyl sites for hydroxylation is 1. The number of alkyl halides is 3. The number of Topliss-reactive ketones (excluding diaryl/α,β-unsaturated/α-hetero) is 1. The molecule has 1 heterocycles. The highest BCUT2D eigenvalue weighted by atomic mass is 19.4. The third-order valence-corrected chi connectivity index (χ3v) is 3.78. The van der Waals surface area contributed by atoms with Crippen molar-refractivity contribution in [2.24, 2.45) is 7.05 Å². The molecule has 8 heteroatoms. The number of rotatable bonds is 4. The van der Waals surface area contributed by atoms with E-state index in [1.54, 1.807) is 31.3 Å². The first-order valence-corrected chi connectivity index (χ1v) is 7.56. The van der Waals surface area contributed by atoms with E-state index < -0.39 is 30.1 Å². The zero-order chi connectivity index (χ0) is 18.9. The molecular weight excluding hydrogens is 349 g/mol. The molecule has 0 fully saturated rings. The Morgan fingerprint density at radius 2 is 1.85 bits per heavy atom. The summed E-state index contributed by atoms with van der Waals surface area (Å²) in [4.78, 5) is 24.3. The van der Waals surface area contributed by atoms with Gasteiger partial charge in [-0.3, -0.25) is 9.48 Å². The molecule has 2 aromatic carbocycles. The number of benzene rings is 2. The maximum Gasteiger partial charge on any atom is 0.416 e. The standard InChI is InChI=1S/C18H13F3N2O3/c1-23-14-8-3-2-7-13(14)16(22-23)15(24)10-26-17(25)11-5-4-6-12(9-11)18(19,20)21/h2-9H,10H2,1H3. The smallest absolute Gasteiger partial charge is 0.416 e. The van der Waals surface area contributed by atoms with Crippen LogP contribution in [0, 0.1) is 0 Å². The fourth-order valence-electron chi connectivity index (χ4n) is 2.53. The number of aromatic nitrogens is 2. The molecule has 0 aliphatic carbocycles. The summed E-state index contributed by atoms with van der Waals surface area (Å²) >= 11 is 0. The minimum atomic E-state index is -4.57. The Balaban J connectivity index is 1.74. The van der Waals surface area contributed by atoms with Gasteiger partial charge in [0.1, 0.15) is 5.69 Å². The maximum absolute atomic E-state index is 12.7. The Bertz CT molecular complexity index is 993. The third kappa shape index (κ3) is 3.44. The van der Waals surface area contributed by atoms with E-state index >= 15 is 0 Å². The fraction of sp³-hybridized carbons (Fsp3) is 0.167. The number of carbonyl (C=O) groups excluding carboxylic acids is 2. The Labute approximate surface area is 146 Å². The van der Waals surface area contributed by atoms with Gasteiger partial charge < -0.3 is 4.74 Å². The molecule has 3 aromatic rings. The molecule has 0 amide bonds. The Morgan fingerprint density at radius 1 is 1.12 bits per heavy atom. The van der Waals surface area contributed by atoms with Gasteiger partial charge in [-0.2, -0.15) is 18.3 Å².